The van der Waals surface area contributed by atoms with Gasteiger partial charge in [-0.05, 0) is 36.3 Å². The fourth-order valence-corrected chi connectivity index (χ4v) is 2.69. The van der Waals surface area contributed by atoms with E-state index >= 15 is 0 Å². The van der Waals surface area contributed by atoms with E-state index in [0.717, 1.165) is 28.5 Å². The van der Waals surface area contributed by atoms with Crippen LogP contribution in [-0.2, 0) is 0 Å². The molecular weight excluding hydrogens is 314 g/mol. The molecule has 0 atom stereocenters. The maximum atomic E-state index is 12.4. The quantitative estimate of drug-likeness (QED) is 0.531. The van der Waals surface area contributed by atoms with E-state index in [1.165, 1.54) is 0 Å². The van der Waals surface area contributed by atoms with Crippen LogP contribution in [0.2, 0.25) is 0 Å². The average Bonchev–Trinajstić information content (AvgIpc) is 2.61. The van der Waals surface area contributed by atoms with Crippen molar-refractivity contribution in [2.45, 2.75) is 6.92 Å². The second-order valence-electron chi connectivity index (χ2n) is 6.12. The van der Waals surface area contributed by atoms with Gasteiger partial charge in [0, 0.05) is 36.8 Å². The Balaban J connectivity index is 2.03. The lowest BCUT2D eigenvalue weighted by molar-refractivity contribution is 0.112. The van der Waals surface area contributed by atoms with Crippen LogP contribution in [0.25, 0.3) is 23.1 Å². The molecule has 0 aliphatic rings. The van der Waals surface area contributed by atoms with Gasteiger partial charge in [-0.3, -0.25) is 4.79 Å². The standard InChI is InChI=1S/C21H19NO3/c1-14-18-11-9-17(22(2)3)12-20(18)25-21(24)19(14)10-8-15-4-6-16(13-23)7-5-15/h4-13H,1-3H3/b10-8+. The van der Waals surface area contributed by atoms with Gasteiger partial charge in [0.15, 0.2) is 0 Å². The topological polar surface area (TPSA) is 50.5 Å². The molecular formula is C21H19NO3. The average molecular weight is 333 g/mol. The van der Waals surface area contributed by atoms with Gasteiger partial charge in [-0.15, -0.1) is 0 Å². The van der Waals surface area contributed by atoms with Crippen molar-refractivity contribution in [2.75, 3.05) is 19.0 Å². The molecule has 1 aromatic heterocycles. The van der Waals surface area contributed by atoms with Crippen molar-refractivity contribution in [1.82, 2.24) is 0 Å². The maximum Gasteiger partial charge on any atom is 0.343 e. The van der Waals surface area contributed by atoms with E-state index in [1.807, 2.05) is 62.3 Å². The summed E-state index contributed by atoms with van der Waals surface area (Å²) in [6, 6.07) is 13.0. The van der Waals surface area contributed by atoms with Crippen LogP contribution < -0.4 is 10.5 Å². The molecule has 0 saturated carbocycles. The summed E-state index contributed by atoms with van der Waals surface area (Å²) in [7, 11) is 3.89. The number of fused-ring (bicyclic) bond motifs is 1. The second kappa shape index (κ2) is 6.77. The number of aryl methyl sites for hydroxylation is 1. The summed E-state index contributed by atoms with van der Waals surface area (Å²) in [6.07, 6.45) is 4.40. The third kappa shape index (κ3) is 3.38. The molecule has 0 aliphatic heterocycles. The van der Waals surface area contributed by atoms with Crippen molar-refractivity contribution in [2.24, 2.45) is 0 Å². The summed E-state index contributed by atoms with van der Waals surface area (Å²) in [4.78, 5) is 25.0. The maximum absolute atomic E-state index is 12.4. The zero-order valence-corrected chi connectivity index (χ0v) is 14.4. The van der Waals surface area contributed by atoms with Crippen molar-refractivity contribution in [1.29, 1.82) is 0 Å². The number of nitrogens with zero attached hydrogens (tertiary/aromatic N) is 1. The van der Waals surface area contributed by atoms with Crippen molar-refractivity contribution in [3.63, 3.8) is 0 Å². The lowest BCUT2D eigenvalue weighted by atomic mass is 10.0. The van der Waals surface area contributed by atoms with Gasteiger partial charge in [0.1, 0.15) is 11.9 Å². The molecule has 0 amide bonds. The minimum absolute atomic E-state index is 0.360. The van der Waals surface area contributed by atoms with Crippen molar-refractivity contribution >= 4 is 35.1 Å². The molecule has 3 rings (SSSR count). The second-order valence-corrected chi connectivity index (χ2v) is 6.12. The van der Waals surface area contributed by atoms with E-state index in [0.29, 0.717) is 16.7 Å². The minimum atomic E-state index is -0.360. The van der Waals surface area contributed by atoms with Crippen LogP contribution in [0.1, 0.15) is 27.0 Å². The van der Waals surface area contributed by atoms with E-state index < -0.39 is 0 Å². The van der Waals surface area contributed by atoms with Crippen LogP contribution in [0.4, 0.5) is 5.69 Å². The number of aldehydes is 1. The number of carbonyl (C=O) groups is 1. The van der Waals surface area contributed by atoms with Gasteiger partial charge < -0.3 is 9.32 Å². The number of hydrogen-bond donors (Lipinski definition) is 0. The Bertz CT molecular complexity index is 1010. The molecule has 0 saturated heterocycles. The summed E-state index contributed by atoms with van der Waals surface area (Å²) < 4.78 is 5.51. The van der Waals surface area contributed by atoms with Crippen LogP contribution in [0.5, 0.6) is 0 Å². The summed E-state index contributed by atoms with van der Waals surface area (Å²) in [5, 5.41) is 0.918. The monoisotopic (exact) mass is 333 g/mol. The van der Waals surface area contributed by atoms with Crippen LogP contribution >= 0.6 is 0 Å². The first-order valence-electron chi connectivity index (χ1n) is 7.97. The molecule has 3 aromatic rings. The smallest absolute Gasteiger partial charge is 0.343 e. The lowest BCUT2D eigenvalue weighted by Gasteiger charge is -2.13. The van der Waals surface area contributed by atoms with Gasteiger partial charge in [-0.2, -0.15) is 0 Å². The van der Waals surface area contributed by atoms with E-state index in [2.05, 4.69) is 0 Å². The Morgan fingerprint density at radius 2 is 1.64 bits per heavy atom. The largest absolute Gasteiger partial charge is 0.422 e. The number of benzene rings is 2. The molecule has 0 bridgehead atoms. The highest BCUT2D eigenvalue weighted by atomic mass is 16.4. The van der Waals surface area contributed by atoms with Gasteiger partial charge in [0.2, 0.25) is 0 Å². The summed E-state index contributed by atoms with van der Waals surface area (Å²) in [6.45, 7) is 1.92. The zero-order valence-electron chi connectivity index (χ0n) is 14.4. The predicted octanol–water partition coefficient (Wildman–Crippen LogP) is 4.15. The van der Waals surface area contributed by atoms with Crippen molar-refractivity contribution < 1.29 is 9.21 Å². The van der Waals surface area contributed by atoms with E-state index in [-0.39, 0.29) is 5.63 Å². The molecule has 0 N–H and O–H groups in total. The zero-order chi connectivity index (χ0) is 18.0. The lowest BCUT2D eigenvalue weighted by Crippen LogP contribution is -2.09. The third-order valence-electron chi connectivity index (χ3n) is 4.23. The Kier molecular flexibility index (Phi) is 4.52. The van der Waals surface area contributed by atoms with Crippen molar-refractivity contribution in [3.05, 3.63) is 75.1 Å². The molecule has 0 fully saturated rings. The molecule has 4 heteroatoms. The molecule has 1 heterocycles. The highest BCUT2D eigenvalue weighted by molar-refractivity contribution is 5.87. The summed E-state index contributed by atoms with van der Waals surface area (Å²) in [5.74, 6) is 0. The number of hydrogen-bond acceptors (Lipinski definition) is 4. The Hall–Kier alpha value is -3.14. The predicted molar refractivity (Wildman–Crippen MR) is 102 cm³/mol. The normalized spacial score (nSPS) is 11.2. The molecule has 0 radical (unpaired) electrons. The first-order valence-corrected chi connectivity index (χ1v) is 7.97. The third-order valence-corrected chi connectivity index (χ3v) is 4.23. The molecule has 0 spiro atoms. The van der Waals surface area contributed by atoms with Gasteiger partial charge in [0.05, 0.1) is 5.56 Å². The molecule has 0 aliphatic carbocycles. The van der Waals surface area contributed by atoms with Gasteiger partial charge in [-0.1, -0.05) is 30.3 Å². The van der Waals surface area contributed by atoms with E-state index in [1.54, 1.807) is 18.2 Å². The fourth-order valence-electron chi connectivity index (χ4n) is 2.69. The SMILES string of the molecule is Cc1c(/C=C/c2ccc(C=O)cc2)c(=O)oc2cc(N(C)C)ccc12. The van der Waals surface area contributed by atoms with Crippen LogP contribution in [-0.4, -0.2) is 20.4 Å². The highest BCUT2D eigenvalue weighted by Gasteiger charge is 2.10. The van der Waals surface area contributed by atoms with Crippen molar-refractivity contribution in [3.8, 4) is 0 Å². The summed E-state index contributed by atoms with van der Waals surface area (Å²) in [5.41, 5.74) is 4.15. The Morgan fingerprint density at radius 1 is 0.960 bits per heavy atom. The first-order chi connectivity index (χ1) is 12.0. The van der Waals surface area contributed by atoms with E-state index in [4.69, 9.17) is 4.42 Å². The number of rotatable bonds is 4. The Labute approximate surface area is 146 Å². The first kappa shape index (κ1) is 16.7. The Morgan fingerprint density at radius 3 is 2.28 bits per heavy atom. The van der Waals surface area contributed by atoms with Crippen LogP contribution in [0, 0.1) is 6.92 Å². The van der Waals surface area contributed by atoms with Crippen LogP contribution in [0.15, 0.2) is 51.7 Å². The van der Waals surface area contributed by atoms with Gasteiger partial charge in [0.25, 0.3) is 0 Å². The minimum Gasteiger partial charge on any atom is -0.422 e. The summed E-state index contributed by atoms with van der Waals surface area (Å²) >= 11 is 0. The fraction of sp³-hybridized carbons (Fsp3) is 0.143. The highest BCUT2D eigenvalue weighted by Crippen LogP contribution is 2.25. The molecule has 4 nitrogen and oxygen atoms in total. The van der Waals surface area contributed by atoms with E-state index in [9.17, 15) is 9.59 Å². The van der Waals surface area contributed by atoms with Gasteiger partial charge in [-0.25, -0.2) is 4.79 Å². The molecule has 0 unspecified atom stereocenters. The molecule has 25 heavy (non-hydrogen) atoms. The molecule has 2 aromatic carbocycles. The van der Waals surface area contributed by atoms with Gasteiger partial charge >= 0.3 is 5.63 Å². The molecule has 126 valence electrons. The number of carbonyl (C=O) groups excluding carboxylic acids is 1. The number of anilines is 1. The van der Waals surface area contributed by atoms with Crippen LogP contribution in [0.3, 0.4) is 0 Å².